The van der Waals surface area contributed by atoms with Crippen LogP contribution >= 0.6 is 31.9 Å². The van der Waals surface area contributed by atoms with Gasteiger partial charge in [-0.2, -0.15) is 0 Å². The molecule has 0 fully saturated rings. The van der Waals surface area contributed by atoms with E-state index in [2.05, 4.69) is 92.5 Å². The average molecular weight is 368 g/mol. The van der Waals surface area contributed by atoms with Gasteiger partial charge in [0.05, 0.1) is 0 Å². The molecule has 94 valence electrons. The normalized spacial score (nSPS) is 14.1. The molecule has 2 atom stereocenters. The molecule has 2 aromatic rings. The summed E-state index contributed by atoms with van der Waals surface area (Å²) in [6.45, 7) is 0. The number of hydrogen-bond donors (Lipinski definition) is 0. The Morgan fingerprint density at radius 3 is 1.28 bits per heavy atom. The SMILES string of the molecule is Br[C@H](CC[C@H](Br)c1ccccc1)c1ccccc1. The molecule has 18 heavy (non-hydrogen) atoms. The highest BCUT2D eigenvalue weighted by Gasteiger charge is 2.11. The van der Waals surface area contributed by atoms with Gasteiger partial charge in [-0.3, -0.25) is 0 Å². The molecule has 0 saturated carbocycles. The highest BCUT2D eigenvalue weighted by atomic mass is 79.9. The first-order chi connectivity index (χ1) is 8.77. The summed E-state index contributed by atoms with van der Waals surface area (Å²) in [6, 6.07) is 21.2. The van der Waals surface area contributed by atoms with Gasteiger partial charge >= 0.3 is 0 Å². The van der Waals surface area contributed by atoms with E-state index in [1.807, 2.05) is 0 Å². The van der Waals surface area contributed by atoms with Gasteiger partial charge in [-0.25, -0.2) is 0 Å². The molecule has 2 rings (SSSR count). The van der Waals surface area contributed by atoms with Gasteiger partial charge in [0, 0.05) is 9.65 Å². The largest absolute Gasteiger partial charge is 0.0839 e. The summed E-state index contributed by atoms with van der Waals surface area (Å²) in [5.41, 5.74) is 2.70. The molecule has 0 bridgehead atoms. The third-order valence-corrected chi connectivity index (χ3v) is 4.97. The first kappa shape index (κ1) is 13.8. The second kappa shape index (κ2) is 7.10. The van der Waals surface area contributed by atoms with Gasteiger partial charge in [-0.1, -0.05) is 92.5 Å². The van der Waals surface area contributed by atoms with Crippen molar-refractivity contribution in [3.05, 3.63) is 71.8 Å². The van der Waals surface area contributed by atoms with E-state index in [1.54, 1.807) is 0 Å². The van der Waals surface area contributed by atoms with E-state index in [4.69, 9.17) is 0 Å². The van der Waals surface area contributed by atoms with E-state index in [0.29, 0.717) is 9.65 Å². The number of rotatable bonds is 5. The van der Waals surface area contributed by atoms with E-state index in [-0.39, 0.29) is 0 Å². The fraction of sp³-hybridized carbons (Fsp3) is 0.250. The van der Waals surface area contributed by atoms with Crippen LogP contribution in [0.4, 0.5) is 0 Å². The predicted molar refractivity (Wildman–Crippen MR) is 85.5 cm³/mol. The Hall–Kier alpha value is -0.600. The van der Waals surface area contributed by atoms with E-state index < -0.39 is 0 Å². The lowest BCUT2D eigenvalue weighted by Crippen LogP contribution is -1.94. The van der Waals surface area contributed by atoms with Crippen molar-refractivity contribution in [2.45, 2.75) is 22.5 Å². The third kappa shape index (κ3) is 3.96. The summed E-state index contributed by atoms with van der Waals surface area (Å²) >= 11 is 7.53. The molecule has 0 amide bonds. The van der Waals surface area contributed by atoms with Crippen molar-refractivity contribution in [2.75, 3.05) is 0 Å². The minimum atomic E-state index is 0.433. The molecular weight excluding hydrogens is 352 g/mol. The molecule has 0 saturated heterocycles. The fourth-order valence-electron chi connectivity index (χ4n) is 1.95. The van der Waals surface area contributed by atoms with Gasteiger partial charge in [0.25, 0.3) is 0 Å². The molecule has 2 aromatic carbocycles. The number of alkyl halides is 2. The topological polar surface area (TPSA) is 0 Å². The van der Waals surface area contributed by atoms with E-state index in [9.17, 15) is 0 Å². The second-order valence-electron chi connectivity index (χ2n) is 4.33. The maximum atomic E-state index is 3.77. The van der Waals surface area contributed by atoms with Gasteiger partial charge in [0.1, 0.15) is 0 Å². The van der Waals surface area contributed by atoms with Crippen LogP contribution in [0.3, 0.4) is 0 Å². The Morgan fingerprint density at radius 2 is 0.944 bits per heavy atom. The summed E-state index contributed by atoms with van der Waals surface area (Å²) in [5.74, 6) is 0. The van der Waals surface area contributed by atoms with Gasteiger partial charge in [-0.15, -0.1) is 0 Å². The van der Waals surface area contributed by atoms with Gasteiger partial charge in [0.2, 0.25) is 0 Å². The van der Waals surface area contributed by atoms with Crippen molar-refractivity contribution in [1.82, 2.24) is 0 Å². The van der Waals surface area contributed by atoms with Crippen molar-refractivity contribution in [2.24, 2.45) is 0 Å². The molecule has 0 aromatic heterocycles. The third-order valence-electron chi connectivity index (χ3n) is 3.00. The minimum Gasteiger partial charge on any atom is -0.0839 e. The lowest BCUT2D eigenvalue weighted by Gasteiger charge is -2.14. The van der Waals surface area contributed by atoms with Gasteiger partial charge in [0.15, 0.2) is 0 Å². The zero-order chi connectivity index (χ0) is 12.8. The molecular formula is C16H16Br2. The monoisotopic (exact) mass is 366 g/mol. The summed E-state index contributed by atoms with van der Waals surface area (Å²) in [5, 5.41) is 0. The van der Waals surface area contributed by atoms with Crippen molar-refractivity contribution < 1.29 is 0 Å². The number of hydrogen-bond acceptors (Lipinski definition) is 0. The number of benzene rings is 2. The first-order valence-electron chi connectivity index (χ1n) is 6.15. The summed E-state index contributed by atoms with van der Waals surface area (Å²) in [7, 11) is 0. The highest BCUT2D eigenvalue weighted by molar-refractivity contribution is 9.09. The lowest BCUT2D eigenvalue weighted by atomic mass is 10.0. The van der Waals surface area contributed by atoms with Gasteiger partial charge < -0.3 is 0 Å². The summed E-state index contributed by atoms with van der Waals surface area (Å²) < 4.78 is 0. The molecule has 0 aliphatic carbocycles. The van der Waals surface area contributed by atoms with E-state index in [0.717, 1.165) is 12.8 Å². The molecule has 0 radical (unpaired) electrons. The summed E-state index contributed by atoms with van der Waals surface area (Å²) in [4.78, 5) is 0.866. The van der Waals surface area contributed by atoms with Crippen LogP contribution in [0.15, 0.2) is 60.7 Å². The van der Waals surface area contributed by atoms with Crippen molar-refractivity contribution in [3.8, 4) is 0 Å². The Labute approximate surface area is 126 Å². The predicted octanol–water partition coefficient (Wildman–Crippen LogP) is 6.04. The van der Waals surface area contributed by atoms with Crippen LogP contribution in [0, 0.1) is 0 Å². The van der Waals surface area contributed by atoms with Crippen molar-refractivity contribution in [3.63, 3.8) is 0 Å². The molecule has 0 spiro atoms. The molecule has 0 aliphatic rings. The van der Waals surface area contributed by atoms with Crippen LogP contribution in [0.25, 0.3) is 0 Å². The minimum absolute atomic E-state index is 0.433. The molecule has 0 nitrogen and oxygen atoms in total. The van der Waals surface area contributed by atoms with E-state index >= 15 is 0 Å². The maximum Gasteiger partial charge on any atom is 0.0395 e. The fourth-order valence-corrected chi connectivity index (χ4v) is 3.09. The Balaban J connectivity index is 1.89. The summed E-state index contributed by atoms with van der Waals surface area (Å²) in [6.07, 6.45) is 2.24. The molecule has 0 unspecified atom stereocenters. The first-order valence-corrected chi connectivity index (χ1v) is 7.98. The van der Waals surface area contributed by atoms with Crippen LogP contribution in [-0.4, -0.2) is 0 Å². The zero-order valence-corrected chi connectivity index (χ0v) is 13.3. The van der Waals surface area contributed by atoms with Crippen LogP contribution in [-0.2, 0) is 0 Å². The molecule has 0 N–H and O–H groups in total. The highest BCUT2D eigenvalue weighted by Crippen LogP contribution is 2.34. The van der Waals surface area contributed by atoms with Crippen LogP contribution in [0.5, 0.6) is 0 Å². The Morgan fingerprint density at radius 1 is 0.611 bits per heavy atom. The maximum absolute atomic E-state index is 3.77. The second-order valence-corrected chi connectivity index (χ2v) is 6.54. The van der Waals surface area contributed by atoms with Crippen LogP contribution < -0.4 is 0 Å². The lowest BCUT2D eigenvalue weighted by molar-refractivity contribution is 0.725. The Bertz CT molecular complexity index is 408. The Kier molecular flexibility index (Phi) is 5.45. The molecule has 2 heteroatoms. The quantitative estimate of drug-likeness (QED) is 0.565. The van der Waals surface area contributed by atoms with Crippen molar-refractivity contribution >= 4 is 31.9 Å². The molecule has 0 heterocycles. The van der Waals surface area contributed by atoms with Crippen LogP contribution in [0.1, 0.15) is 33.6 Å². The average Bonchev–Trinajstić information content (AvgIpc) is 2.46. The smallest absolute Gasteiger partial charge is 0.0395 e. The van der Waals surface area contributed by atoms with Crippen molar-refractivity contribution in [1.29, 1.82) is 0 Å². The van der Waals surface area contributed by atoms with E-state index in [1.165, 1.54) is 11.1 Å². The molecule has 0 aliphatic heterocycles. The van der Waals surface area contributed by atoms with Crippen LogP contribution in [0.2, 0.25) is 0 Å². The number of halogens is 2. The zero-order valence-electron chi connectivity index (χ0n) is 10.1. The standard InChI is InChI=1S/C16H16Br2/c17-15(13-7-3-1-4-8-13)11-12-16(18)14-9-5-2-6-10-14/h1-10,15-16H,11-12H2/t15-,16+. The van der Waals surface area contributed by atoms with Gasteiger partial charge in [-0.05, 0) is 24.0 Å².